The zero-order valence-corrected chi connectivity index (χ0v) is 12.3. The summed E-state index contributed by atoms with van der Waals surface area (Å²) in [7, 11) is 0. The molecule has 0 atom stereocenters. The summed E-state index contributed by atoms with van der Waals surface area (Å²) < 4.78 is 17.9. The molecule has 0 aliphatic rings. The normalized spacial score (nSPS) is 10.3. The first-order chi connectivity index (χ1) is 10.2. The number of furan rings is 1. The lowest BCUT2D eigenvalue weighted by Crippen LogP contribution is -2.36. The van der Waals surface area contributed by atoms with Crippen molar-refractivity contribution in [2.75, 3.05) is 12.3 Å². The minimum atomic E-state index is -0.281. The molecule has 21 heavy (non-hydrogen) atoms. The van der Waals surface area contributed by atoms with Crippen molar-refractivity contribution in [1.29, 1.82) is 0 Å². The molecule has 0 fully saturated rings. The lowest BCUT2D eigenvalue weighted by Gasteiger charge is -2.07. The summed E-state index contributed by atoms with van der Waals surface area (Å²) in [6, 6.07) is 9.61. The Bertz CT molecular complexity index is 543. The minimum absolute atomic E-state index is 0.224. The second-order valence-corrected chi connectivity index (χ2v) is 5.47. The minimum Gasteiger partial charge on any atom is -0.468 e. The van der Waals surface area contributed by atoms with Crippen molar-refractivity contribution in [2.24, 2.45) is 0 Å². The van der Waals surface area contributed by atoms with Crippen LogP contribution in [-0.2, 0) is 12.3 Å². The molecule has 0 saturated carbocycles. The average Bonchev–Trinajstić information content (AvgIpc) is 2.99. The van der Waals surface area contributed by atoms with E-state index in [4.69, 9.17) is 4.42 Å². The molecule has 2 aromatic rings. The summed E-state index contributed by atoms with van der Waals surface area (Å²) in [5.41, 5.74) is 0.860. The fraction of sp³-hybridized carbons (Fsp3) is 0.267. The van der Waals surface area contributed by atoms with Gasteiger partial charge in [-0.05, 0) is 29.8 Å². The Labute approximate surface area is 127 Å². The molecule has 112 valence electrons. The highest BCUT2D eigenvalue weighted by Crippen LogP contribution is 2.11. The quantitative estimate of drug-likeness (QED) is 0.773. The van der Waals surface area contributed by atoms with Crippen LogP contribution in [0.15, 0.2) is 47.1 Å². The number of benzene rings is 1. The number of thioether (sulfide) groups is 1. The largest absolute Gasteiger partial charge is 0.468 e. The van der Waals surface area contributed by atoms with E-state index in [1.165, 1.54) is 12.1 Å². The van der Waals surface area contributed by atoms with Gasteiger partial charge >= 0.3 is 6.03 Å². The summed E-state index contributed by atoms with van der Waals surface area (Å²) in [6.45, 7) is 0.965. The van der Waals surface area contributed by atoms with E-state index in [0.717, 1.165) is 22.8 Å². The molecular formula is C15H17FN2O2S. The van der Waals surface area contributed by atoms with E-state index in [2.05, 4.69) is 10.6 Å². The van der Waals surface area contributed by atoms with Crippen molar-refractivity contribution in [3.8, 4) is 0 Å². The number of hydrogen-bond donors (Lipinski definition) is 2. The van der Waals surface area contributed by atoms with Crippen LogP contribution in [0.2, 0.25) is 0 Å². The molecule has 1 heterocycles. The second-order valence-electron chi connectivity index (χ2n) is 4.37. The highest BCUT2D eigenvalue weighted by Gasteiger charge is 2.01. The maximum absolute atomic E-state index is 12.7. The van der Waals surface area contributed by atoms with Crippen molar-refractivity contribution < 1.29 is 13.6 Å². The van der Waals surface area contributed by atoms with Crippen LogP contribution in [0, 0.1) is 5.82 Å². The van der Waals surface area contributed by atoms with Gasteiger partial charge in [0.2, 0.25) is 0 Å². The van der Waals surface area contributed by atoms with E-state index < -0.39 is 0 Å². The Balaban J connectivity index is 1.54. The molecule has 1 aromatic carbocycles. The molecule has 2 amide bonds. The maximum Gasteiger partial charge on any atom is 0.315 e. The number of urea groups is 1. The molecule has 1 aromatic heterocycles. The van der Waals surface area contributed by atoms with E-state index in [9.17, 15) is 9.18 Å². The average molecular weight is 308 g/mol. The van der Waals surface area contributed by atoms with Gasteiger partial charge in [-0.25, -0.2) is 9.18 Å². The van der Waals surface area contributed by atoms with E-state index >= 15 is 0 Å². The van der Waals surface area contributed by atoms with Gasteiger partial charge in [-0.15, -0.1) is 0 Å². The fourth-order valence-electron chi connectivity index (χ4n) is 1.65. The Hall–Kier alpha value is -1.95. The number of amides is 2. The number of rotatable bonds is 7. The van der Waals surface area contributed by atoms with Gasteiger partial charge in [-0.3, -0.25) is 0 Å². The highest BCUT2D eigenvalue weighted by atomic mass is 32.2. The smallest absolute Gasteiger partial charge is 0.315 e. The topological polar surface area (TPSA) is 54.3 Å². The van der Waals surface area contributed by atoms with Crippen LogP contribution in [0.25, 0.3) is 0 Å². The van der Waals surface area contributed by atoms with E-state index in [1.807, 2.05) is 12.1 Å². The Kier molecular flexibility index (Phi) is 6.15. The maximum atomic E-state index is 12.7. The van der Waals surface area contributed by atoms with Gasteiger partial charge in [-0.2, -0.15) is 11.8 Å². The third kappa shape index (κ3) is 5.91. The van der Waals surface area contributed by atoms with Crippen LogP contribution < -0.4 is 10.6 Å². The zero-order valence-electron chi connectivity index (χ0n) is 11.5. The molecule has 0 spiro atoms. The summed E-state index contributed by atoms with van der Waals surface area (Å²) in [4.78, 5) is 11.6. The summed E-state index contributed by atoms with van der Waals surface area (Å²) in [5, 5.41) is 5.49. The summed E-state index contributed by atoms with van der Waals surface area (Å²) >= 11 is 1.69. The molecule has 0 unspecified atom stereocenters. The molecular weight excluding hydrogens is 291 g/mol. The first-order valence-corrected chi connectivity index (χ1v) is 7.76. The number of carbonyl (C=O) groups excluding carboxylic acids is 1. The molecule has 0 aliphatic carbocycles. The molecule has 6 heteroatoms. The number of nitrogens with one attached hydrogen (secondary N) is 2. The third-order valence-electron chi connectivity index (χ3n) is 2.72. The van der Waals surface area contributed by atoms with Gasteiger partial charge in [0.05, 0.1) is 12.0 Å². The standard InChI is InChI=1S/C15H17FN2O2S/c16-13-5-3-12(4-6-13)10-18-15(19)17-7-9-21-11-14-2-1-8-20-14/h1-6,8H,7,9-11H2,(H2,17,18,19). The lowest BCUT2D eigenvalue weighted by atomic mass is 10.2. The Morgan fingerprint density at radius 2 is 2.00 bits per heavy atom. The van der Waals surface area contributed by atoms with Gasteiger partial charge in [0, 0.05) is 18.8 Å². The van der Waals surface area contributed by atoms with Crippen molar-refractivity contribution >= 4 is 17.8 Å². The predicted octanol–water partition coefficient (Wildman–Crippen LogP) is 3.15. The van der Waals surface area contributed by atoms with Crippen molar-refractivity contribution in [3.63, 3.8) is 0 Å². The molecule has 0 saturated heterocycles. The van der Waals surface area contributed by atoms with Gasteiger partial charge < -0.3 is 15.1 Å². The monoisotopic (exact) mass is 308 g/mol. The molecule has 4 nitrogen and oxygen atoms in total. The number of hydrogen-bond acceptors (Lipinski definition) is 3. The van der Waals surface area contributed by atoms with Crippen LogP contribution in [0.1, 0.15) is 11.3 Å². The van der Waals surface area contributed by atoms with E-state index in [0.29, 0.717) is 13.1 Å². The van der Waals surface area contributed by atoms with Crippen LogP contribution in [0.4, 0.5) is 9.18 Å². The van der Waals surface area contributed by atoms with Crippen LogP contribution >= 0.6 is 11.8 Å². The van der Waals surface area contributed by atoms with Gasteiger partial charge in [0.15, 0.2) is 0 Å². The Morgan fingerprint density at radius 1 is 1.19 bits per heavy atom. The SMILES string of the molecule is O=C(NCCSCc1ccco1)NCc1ccc(F)cc1. The van der Waals surface area contributed by atoms with Crippen LogP contribution in [0.3, 0.4) is 0 Å². The van der Waals surface area contributed by atoms with Gasteiger partial charge in [-0.1, -0.05) is 12.1 Å². The first kappa shape index (κ1) is 15.4. The van der Waals surface area contributed by atoms with E-state index in [-0.39, 0.29) is 11.8 Å². The van der Waals surface area contributed by atoms with E-state index in [1.54, 1.807) is 30.2 Å². The van der Waals surface area contributed by atoms with Gasteiger partial charge in [0.25, 0.3) is 0 Å². The molecule has 0 radical (unpaired) electrons. The van der Waals surface area contributed by atoms with Crippen molar-refractivity contribution in [2.45, 2.75) is 12.3 Å². The Morgan fingerprint density at radius 3 is 2.71 bits per heavy atom. The predicted molar refractivity (Wildman–Crippen MR) is 81.5 cm³/mol. The van der Waals surface area contributed by atoms with Gasteiger partial charge in [0.1, 0.15) is 11.6 Å². The molecule has 0 aliphatic heterocycles. The van der Waals surface area contributed by atoms with Crippen molar-refractivity contribution in [1.82, 2.24) is 10.6 Å². The first-order valence-electron chi connectivity index (χ1n) is 6.60. The molecule has 0 bridgehead atoms. The summed E-state index contributed by atoms with van der Waals surface area (Å²) in [6.07, 6.45) is 1.65. The number of carbonyl (C=O) groups is 1. The fourth-order valence-corrected chi connectivity index (χ4v) is 2.41. The molecule has 2 rings (SSSR count). The zero-order chi connectivity index (χ0) is 14.9. The highest BCUT2D eigenvalue weighted by molar-refractivity contribution is 7.98. The third-order valence-corrected chi connectivity index (χ3v) is 3.70. The van der Waals surface area contributed by atoms with Crippen molar-refractivity contribution in [3.05, 3.63) is 59.8 Å². The van der Waals surface area contributed by atoms with Crippen LogP contribution in [0.5, 0.6) is 0 Å². The lowest BCUT2D eigenvalue weighted by molar-refractivity contribution is 0.241. The molecule has 2 N–H and O–H groups in total. The van der Waals surface area contributed by atoms with Crippen LogP contribution in [-0.4, -0.2) is 18.3 Å². The second kappa shape index (κ2) is 8.36. The number of halogens is 1. The summed E-state index contributed by atoms with van der Waals surface area (Å²) in [5.74, 6) is 2.26.